The topological polar surface area (TPSA) is 104 Å². The van der Waals surface area contributed by atoms with E-state index in [1.807, 2.05) is 30.4 Å². The van der Waals surface area contributed by atoms with Crippen LogP contribution in [0.25, 0.3) is 0 Å². The predicted molar refractivity (Wildman–Crippen MR) is 146 cm³/mol. The zero-order valence-corrected chi connectivity index (χ0v) is 22.6. The fourth-order valence-corrected chi connectivity index (χ4v) is 4.99. The van der Waals surface area contributed by atoms with Crippen LogP contribution in [0.3, 0.4) is 0 Å². The lowest BCUT2D eigenvalue weighted by molar-refractivity contribution is -0.000833. The number of hydrogen-bond donors (Lipinski definition) is 1. The molecule has 3 aliphatic rings. The molecule has 9 heteroatoms. The molecule has 1 aliphatic heterocycles. The summed E-state index contributed by atoms with van der Waals surface area (Å²) in [7, 11) is -1.25. The van der Waals surface area contributed by atoms with E-state index in [-0.39, 0.29) is 18.2 Å². The molecule has 0 spiro atoms. The van der Waals surface area contributed by atoms with Gasteiger partial charge in [-0.3, -0.25) is 10.0 Å². The highest BCUT2D eigenvalue weighted by Gasteiger charge is 2.22. The molecule has 0 bridgehead atoms. The molecular weight excluding hydrogens is 482 g/mol. The maximum absolute atomic E-state index is 13.3. The van der Waals surface area contributed by atoms with Crippen LogP contribution in [0, 0.1) is 11.3 Å². The predicted octanol–water partition coefficient (Wildman–Crippen LogP) is 5.67. The molecule has 8 nitrogen and oxygen atoms in total. The lowest BCUT2D eigenvalue weighted by Crippen LogP contribution is -2.22. The third-order valence-corrected chi connectivity index (χ3v) is 8.00. The molecule has 2 heterocycles. The number of carbonyl (C=O) groups is 1. The summed E-state index contributed by atoms with van der Waals surface area (Å²) in [6, 6.07) is 3.01. The molecule has 1 aromatic rings. The number of rotatable bonds is 7. The van der Waals surface area contributed by atoms with Crippen molar-refractivity contribution in [2.24, 2.45) is 4.99 Å². The molecule has 0 fully saturated rings. The molecule has 0 unspecified atom stereocenters. The Balaban J connectivity index is 1.64. The van der Waals surface area contributed by atoms with Crippen molar-refractivity contribution in [3.8, 4) is 6.07 Å². The molecule has 0 saturated heterocycles. The average Bonchev–Trinajstić information content (AvgIpc) is 3.31. The fourth-order valence-electron chi connectivity index (χ4n) is 4.24. The Bertz CT molecular complexity index is 1310. The van der Waals surface area contributed by atoms with Gasteiger partial charge in [-0.15, -0.1) is 0 Å². The summed E-state index contributed by atoms with van der Waals surface area (Å²) < 4.78 is 7.37. The van der Waals surface area contributed by atoms with Crippen LogP contribution < -0.4 is 0 Å². The third kappa shape index (κ3) is 6.80. The Morgan fingerprint density at radius 3 is 2.78 bits per heavy atom. The van der Waals surface area contributed by atoms with E-state index >= 15 is 0 Å². The molecular formula is C28H33N5O3Si. The van der Waals surface area contributed by atoms with Crippen LogP contribution in [0.15, 0.2) is 82.3 Å². The van der Waals surface area contributed by atoms with E-state index in [2.05, 4.69) is 35.7 Å². The Kier molecular flexibility index (Phi) is 8.33. The van der Waals surface area contributed by atoms with Crippen LogP contribution >= 0.6 is 0 Å². The van der Waals surface area contributed by atoms with E-state index in [1.165, 1.54) is 6.20 Å². The number of imidazole rings is 1. The molecule has 192 valence electrons. The van der Waals surface area contributed by atoms with Gasteiger partial charge in [0.25, 0.3) is 0 Å². The van der Waals surface area contributed by atoms with Gasteiger partial charge in [-0.1, -0.05) is 37.9 Å². The Hall–Kier alpha value is -3.58. The second kappa shape index (κ2) is 11.6. The highest BCUT2D eigenvalue weighted by molar-refractivity contribution is 6.76. The first kappa shape index (κ1) is 26.5. The summed E-state index contributed by atoms with van der Waals surface area (Å²) in [4.78, 5) is 22.0. The molecule has 0 saturated carbocycles. The van der Waals surface area contributed by atoms with Crippen LogP contribution in [0.2, 0.25) is 25.7 Å². The summed E-state index contributed by atoms with van der Waals surface area (Å²) in [5, 5.41) is 20.7. The zero-order valence-electron chi connectivity index (χ0n) is 21.6. The van der Waals surface area contributed by atoms with Crippen molar-refractivity contribution in [3.05, 3.63) is 88.9 Å². The molecule has 1 N–H and O–H groups in total. The number of carbonyl (C=O) groups excluding carboxylic acids is 1. The van der Waals surface area contributed by atoms with E-state index in [4.69, 9.17) is 4.74 Å². The van der Waals surface area contributed by atoms with Crippen molar-refractivity contribution < 1.29 is 14.7 Å². The van der Waals surface area contributed by atoms with Gasteiger partial charge in [0.15, 0.2) is 5.69 Å². The molecule has 0 atom stereocenters. The highest BCUT2D eigenvalue weighted by atomic mass is 28.3. The Morgan fingerprint density at radius 2 is 2.08 bits per heavy atom. The van der Waals surface area contributed by atoms with Crippen molar-refractivity contribution >= 4 is 19.7 Å². The van der Waals surface area contributed by atoms with Gasteiger partial charge in [-0.25, -0.2) is 15.0 Å². The van der Waals surface area contributed by atoms with Gasteiger partial charge in [0.05, 0.1) is 11.4 Å². The Morgan fingerprint density at radius 1 is 1.24 bits per heavy atom. The van der Waals surface area contributed by atoms with Gasteiger partial charge in [0.1, 0.15) is 12.8 Å². The van der Waals surface area contributed by atoms with E-state index in [0.29, 0.717) is 18.0 Å². The van der Waals surface area contributed by atoms with Crippen molar-refractivity contribution in [3.63, 3.8) is 0 Å². The first-order chi connectivity index (χ1) is 17.7. The number of hydroxylamine groups is 2. The van der Waals surface area contributed by atoms with Crippen molar-refractivity contribution in [2.45, 2.75) is 58.1 Å². The van der Waals surface area contributed by atoms with Crippen molar-refractivity contribution in [2.75, 3.05) is 6.61 Å². The fraction of sp³-hybridized carbons (Fsp3) is 0.357. The van der Waals surface area contributed by atoms with Crippen LogP contribution in [0.1, 0.15) is 42.0 Å². The van der Waals surface area contributed by atoms with Gasteiger partial charge in [0, 0.05) is 38.2 Å². The van der Waals surface area contributed by atoms with Gasteiger partial charge in [-0.2, -0.15) is 5.26 Å². The second-order valence-corrected chi connectivity index (χ2v) is 16.1. The zero-order chi connectivity index (χ0) is 26.4. The number of nitriles is 1. The van der Waals surface area contributed by atoms with E-state index < -0.39 is 14.0 Å². The number of amides is 1. The number of aliphatic imine (C=N–C) groups is 1. The SMILES string of the molecule is C[Si](C)(C)CCOCn1cc(C#N)nc1C(=O)N=C1C=CC(=C2C=CC=CN2O)C=C1C1=CCCCC1. The molecule has 0 radical (unpaired) electrons. The van der Waals surface area contributed by atoms with E-state index in [0.717, 1.165) is 53.5 Å². The quantitative estimate of drug-likeness (QED) is 0.370. The third-order valence-electron chi connectivity index (χ3n) is 6.30. The monoisotopic (exact) mass is 515 g/mol. The summed E-state index contributed by atoms with van der Waals surface area (Å²) in [6.45, 7) is 7.55. The first-order valence-electron chi connectivity index (χ1n) is 12.6. The maximum atomic E-state index is 13.3. The minimum atomic E-state index is -1.25. The van der Waals surface area contributed by atoms with E-state index in [9.17, 15) is 15.3 Å². The molecule has 1 aromatic heterocycles. The van der Waals surface area contributed by atoms with Gasteiger partial charge >= 0.3 is 5.91 Å². The smallest absolute Gasteiger partial charge is 0.313 e. The number of nitrogens with zero attached hydrogens (tertiary/aromatic N) is 5. The Labute approximate surface area is 218 Å². The van der Waals surface area contributed by atoms with Crippen LogP contribution in [0.4, 0.5) is 0 Å². The molecule has 1 amide bonds. The maximum Gasteiger partial charge on any atom is 0.313 e. The van der Waals surface area contributed by atoms with Crippen LogP contribution in [-0.2, 0) is 11.5 Å². The molecule has 4 rings (SSSR count). The normalized spacial score (nSPS) is 20.7. The van der Waals surface area contributed by atoms with Crippen molar-refractivity contribution in [1.29, 1.82) is 5.26 Å². The molecule has 0 aromatic carbocycles. The first-order valence-corrected chi connectivity index (χ1v) is 16.3. The van der Waals surface area contributed by atoms with Gasteiger partial charge < -0.3 is 9.30 Å². The number of hydrogen-bond acceptors (Lipinski definition) is 6. The summed E-state index contributed by atoms with van der Waals surface area (Å²) in [5.74, 6) is -0.453. The van der Waals surface area contributed by atoms with Crippen LogP contribution in [-0.4, -0.2) is 46.1 Å². The number of ether oxygens (including phenoxy) is 1. The highest BCUT2D eigenvalue weighted by Crippen LogP contribution is 2.31. The summed E-state index contributed by atoms with van der Waals surface area (Å²) in [5.41, 5.74) is 4.14. The lowest BCUT2D eigenvalue weighted by Gasteiger charge is -2.22. The van der Waals surface area contributed by atoms with Crippen molar-refractivity contribution in [1.82, 2.24) is 14.6 Å². The molecule has 37 heavy (non-hydrogen) atoms. The largest absolute Gasteiger partial charge is 0.361 e. The average molecular weight is 516 g/mol. The second-order valence-electron chi connectivity index (χ2n) is 10.4. The summed E-state index contributed by atoms with van der Waals surface area (Å²) in [6.07, 6.45) is 20.4. The lowest BCUT2D eigenvalue weighted by atomic mass is 9.86. The van der Waals surface area contributed by atoms with Crippen LogP contribution in [0.5, 0.6) is 0 Å². The van der Waals surface area contributed by atoms with Gasteiger partial charge in [-0.05, 0) is 61.6 Å². The number of allylic oxidation sites excluding steroid dienone is 10. The molecule has 2 aliphatic carbocycles. The number of aromatic nitrogens is 2. The van der Waals surface area contributed by atoms with E-state index in [1.54, 1.807) is 22.9 Å². The minimum Gasteiger partial charge on any atom is -0.361 e. The minimum absolute atomic E-state index is 0.0773. The van der Waals surface area contributed by atoms with Gasteiger partial charge in [0.2, 0.25) is 5.82 Å². The standard InChI is InChI=1S/C28H33N5O3Si/c1-37(2,3)16-15-36-20-32-19-23(18-29)30-27(32)28(34)31-25-13-12-22(26-11-7-8-14-33(26)35)17-24(25)21-9-5-4-6-10-21/h7-9,11-14,17,19,35H,4-6,10,15-16,20H2,1-3H3. The summed E-state index contributed by atoms with van der Waals surface area (Å²) >= 11 is 0.